The minimum absolute atomic E-state index is 1.56. The van der Waals surface area contributed by atoms with Gasteiger partial charge < -0.3 is 0 Å². The smallest absolute Gasteiger partial charge is 0.200 e. The maximum atomic E-state index is 13.8. The van der Waals surface area contributed by atoms with Crippen LogP contribution in [0.1, 0.15) is 19.3 Å². The summed E-state index contributed by atoms with van der Waals surface area (Å²) in [6.07, 6.45) is -25.0. The Morgan fingerprint density at radius 2 is 0.686 bits per heavy atom. The van der Waals surface area contributed by atoms with Crippen molar-refractivity contribution in [2.24, 2.45) is 0 Å². The molecule has 0 atom stereocenters. The van der Waals surface area contributed by atoms with E-state index >= 15 is 0 Å². The number of hydrogen-bond acceptors (Lipinski definition) is 0. The number of hydrogen-bond donors (Lipinski definition) is 0. The highest BCUT2D eigenvalue weighted by molar-refractivity contribution is 7.20. The van der Waals surface area contributed by atoms with E-state index in [0.717, 1.165) is 0 Å². The summed E-state index contributed by atoms with van der Waals surface area (Å²) in [6, 6.07) is -5.11. The molecule has 0 saturated carbocycles. The molecule has 0 aromatic heterocycles. The molecule has 0 rings (SSSR count). The van der Waals surface area contributed by atoms with Crippen LogP contribution in [0.3, 0.4) is 0 Å². The molecule has 0 spiro atoms. The molecule has 0 aliphatic carbocycles. The van der Waals surface area contributed by atoms with Crippen LogP contribution in [-0.4, -0.2) is 55.5 Å². The van der Waals surface area contributed by atoms with E-state index in [1.165, 1.54) is 0 Å². The van der Waals surface area contributed by atoms with Crippen molar-refractivity contribution in [1.82, 2.24) is 0 Å². The fourth-order valence-electron chi connectivity index (χ4n) is 2.45. The predicted octanol–water partition coefficient (Wildman–Crippen LogP) is 9.20. The minimum atomic E-state index is -8.17. The molecule has 35 heavy (non-hydrogen) atoms. The van der Waals surface area contributed by atoms with Crippen LogP contribution < -0.4 is 0 Å². The average Bonchev–Trinajstić information content (AvgIpc) is 2.61. The predicted molar refractivity (Wildman–Crippen MR) is 82.8 cm³/mol. The number of rotatable bonds is 11. The third kappa shape index (κ3) is 7.59. The monoisotopic (exact) mass is 604 g/mol. The Morgan fingerprint density at radius 3 is 0.971 bits per heavy atom. The van der Waals surface area contributed by atoms with Crippen LogP contribution in [-0.2, 0) is 0 Å². The second-order valence-corrected chi connectivity index (χ2v) is 13.6. The number of alkyl halides is 19. The Kier molecular flexibility index (Phi) is 9.58. The van der Waals surface area contributed by atoms with E-state index in [2.05, 4.69) is 0 Å². The summed E-state index contributed by atoms with van der Waals surface area (Å²) in [5.41, 5.74) is 0. The lowest BCUT2D eigenvalue weighted by Gasteiger charge is -2.40. The van der Waals surface area contributed by atoms with Crippen molar-refractivity contribution in [3.8, 4) is 0 Å². The van der Waals surface area contributed by atoms with Crippen LogP contribution in [0.4, 0.5) is 83.4 Å². The zero-order chi connectivity index (χ0) is 28.7. The van der Waals surface area contributed by atoms with Gasteiger partial charge >= 0.3 is 48.1 Å². The third-order valence-corrected chi connectivity index (χ3v) is 9.74. The second-order valence-electron chi connectivity index (χ2n) is 7.38. The van der Waals surface area contributed by atoms with Gasteiger partial charge in [-0.05, 0) is 18.1 Å². The summed E-state index contributed by atoms with van der Waals surface area (Å²) >= 11 is 5.50. The molecule has 0 N–H and O–H groups in total. The minimum Gasteiger partial charge on any atom is -0.200 e. The maximum absolute atomic E-state index is 13.8. The average molecular weight is 605 g/mol. The fourth-order valence-corrected chi connectivity index (χ4v) is 6.27. The van der Waals surface area contributed by atoms with Gasteiger partial charge in [-0.2, -0.15) is 94.5 Å². The van der Waals surface area contributed by atoms with Crippen LogP contribution in [0.25, 0.3) is 0 Å². The molecule has 0 aromatic rings. The van der Waals surface area contributed by atoms with Crippen molar-refractivity contribution in [3.63, 3.8) is 0 Å². The first-order chi connectivity index (χ1) is 14.9. The van der Waals surface area contributed by atoms with Gasteiger partial charge in [0.2, 0.25) is 0 Å². The van der Waals surface area contributed by atoms with Crippen LogP contribution in [0.5, 0.6) is 0 Å². The summed E-state index contributed by atoms with van der Waals surface area (Å²) in [7, 11) is -4.87. The molecule has 0 radical (unpaired) electrons. The molecule has 0 amide bonds. The van der Waals surface area contributed by atoms with Crippen molar-refractivity contribution in [2.75, 3.05) is 0 Å². The molecular weight excluding hydrogens is 593 g/mol. The van der Waals surface area contributed by atoms with Gasteiger partial charge in [0.1, 0.15) is 0 Å². The first-order valence-corrected chi connectivity index (χ1v) is 12.3. The van der Waals surface area contributed by atoms with Crippen molar-refractivity contribution >= 4 is 18.5 Å². The summed E-state index contributed by atoms with van der Waals surface area (Å²) < 4.78 is 244. The van der Waals surface area contributed by atoms with Gasteiger partial charge in [0.15, 0.2) is 7.38 Å². The molecule has 0 unspecified atom stereocenters. The normalized spacial score (nSPS) is 16.1. The van der Waals surface area contributed by atoms with Gasteiger partial charge in [0.05, 0.1) is 0 Å². The van der Waals surface area contributed by atoms with Gasteiger partial charge in [0, 0.05) is 19.3 Å². The largest absolute Gasteiger partial charge is 0.460 e. The quantitative estimate of drug-likeness (QED) is 0.125. The Balaban J connectivity index is 6.10. The van der Waals surface area contributed by atoms with E-state index in [9.17, 15) is 83.4 Å². The summed E-state index contributed by atoms with van der Waals surface area (Å²) in [5.74, 6) is -38.6. The van der Waals surface area contributed by atoms with Crippen LogP contribution in [0.15, 0.2) is 0 Å². The van der Waals surface area contributed by atoms with Gasteiger partial charge in [-0.15, -0.1) is 0 Å². The Bertz CT molecular complexity index is 686. The lowest BCUT2D eigenvalue weighted by atomic mass is 9.93. The standard InChI is InChI=1S/C14H12ClF19Si/c15-35(5-2-8(18,19)20,6-3-9(21,22)23)4-1-7(16,17)10(24,25)11(26,27)12(28,29)13(30,31)14(32,33)34/h1-6H2. The lowest BCUT2D eigenvalue weighted by Crippen LogP contribution is -2.70. The summed E-state index contributed by atoms with van der Waals surface area (Å²) in [5, 5.41) is 0. The molecule has 21 heteroatoms. The Hall–Kier alpha value is -0.823. The van der Waals surface area contributed by atoms with Gasteiger partial charge in [-0.3, -0.25) is 0 Å². The highest BCUT2D eigenvalue weighted by atomic mass is 35.6. The van der Waals surface area contributed by atoms with E-state index in [0.29, 0.717) is 0 Å². The topological polar surface area (TPSA) is 0 Å². The molecule has 212 valence electrons. The lowest BCUT2D eigenvalue weighted by molar-refractivity contribution is -0.439. The maximum Gasteiger partial charge on any atom is 0.460 e. The number of halogens is 20. The SMILES string of the molecule is FC(F)(F)CC[Si](Cl)(CCC(F)(F)F)CCC(F)(F)C(F)(F)C(F)(F)C(F)(F)C(F)(F)C(F)(F)F. The van der Waals surface area contributed by atoms with Crippen LogP contribution in [0.2, 0.25) is 18.1 Å². The second kappa shape index (κ2) is 9.81. The molecule has 0 aliphatic heterocycles. The van der Waals surface area contributed by atoms with E-state index < -0.39 is 92.9 Å². The highest BCUT2D eigenvalue weighted by Crippen LogP contribution is 2.61. The van der Waals surface area contributed by atoms with Crippen LogP contribution >= 0.6 is 11.1 Å². The Labute approximate surface area is 188 Å². The summed E-state index contributed by atoms with van der Waals surface area (Å²) in [6.45, 7) is 0. The fraction of sp³-hybridized carbons (Fsp3) is 1.00. The van der Waals surface area contributed by atoms with Crippen molar-refractivity contribution in [2.45, 2.75) is 85.5 Å². The summed E-state index contributed by atoms with van der Waals surface area (Å²) in [4.78, 5) is 0. The zero-order valence-corrected chi connectivity index (χ0v) is 18.1. The first-order valence-electron chi connectivity index (χ1n) is 8.65. The molecule has 0 aliphatic rings. The van der Waals surface area contributed by atoms with E-state index in [-0.39, 0.29) is 0 Å². The molecule has 0 bridgehead atoms. The van der Waals surface area contributed by atoms with Gasteiger partial charge in [-0.1, -0.05) is 0 Å². The zero-order valence-electron chi connectivity index (χ0n) is 16.3. The molecule has 0 saturated heterocycles. The van der Waals surface area contributed by atoms with Gasteiger partial charge in [0.25, 0.3) is 0 Å². The molecule has 0 heterocycles. The molecule has 0 nitrogen and oxygen atoms in total. The van der Waals surface area contributed by atoms with E-state index in [4.69, 9.17) is 11.1 Å². The van der Waals surface area contributed by atoms with Crippen molar-refractivity contribution < 1.29 is 83.4 Å². The van der Waals surface area contributed by atoms with E-state index in [1.54, 1.807) is 0 Å². The van der Waals surface area contributed by atoms with E-state index in [1.807, 2.05) is 0 Å². The Morgan fingerprint density at radius 1 is 0.400 bits per heavy atom. The van der Waals surface area contributed by atoms with Gasteiger partial charge in [-0.25, -0.2) is 0 Å². The first kappa shape index (κ1) is 34.2. The molecule has 0 fully saturated rings. The highest BCUT2D eigenvalue weighted by Gasteiger charge is 2.90. The third-order valence-electron chi connectivity index (χ3n) is 4.60. The van der Waals surface area contributed by atoms with Crippen molar-refractivity contribution in [1.29, 1.82) is 0 Å². The molecular formula is C14H12ClF19Si. The van der Waals surface area contributed by atoms with Crippen molar-refractivity contribution in [3.05, 3.63) is 0 Å². The molecule has 0 aromatic carbocycles. The van der Waals surface area contributed by atoms with Crippen LogP contribution in [0, 0.1) is 0 Å².